The van der Waals surface area contributed by atoms with E-state index in [1.807, 2.05) is 42.5 Å². The van der Waals surface area contributed by atoms with E-state index in [4.69, 9.17) is 21.3 Å². The first kappa shape index (κ1) is 29.3. The second kappa shape index (κ2) is 12.0. The van der Waals surface area contributed by atoms with Gasteiger partial charge in [0.25, 0.3) is 11.8 Å². The molecule has 43 heavy (non-hydrogen) atoms. The van der Waals surface area contributed by atoms with Crippen molar-refractivity contribution in [2.24, 2.45) is 5.73 Å². The summed E-state index contributed by atoms with van der Waals surface area (Å²) < 4.78 is 6.78. The molecule has 2 aromatic heterocycles. The van der Waals surface area contributed by atoms with Crippen LogP contribution in [-0.2, 0) is 4.74 Å². The van der Waals surface area contributed by atoms with E-state index in [-0.39, 0.29) is 17.3 Å². The van der Waals surface area contributed by atoms with Crippen LogP contribution in [0.5, 0.6) is 0 Å². The molecule has 2 aromatic carbocycles. The molecular formula is C32H35N7O4. The van der Waals surface area contributed by atoms with Gasteiger partial charge in [-0.3, -0.25) is 14.5 Å². The Balaban J connectivity index is 1.39. The second-order valence-electron chi connectivity index (χ2n) is 11.4. The second-order valence-corrected chi connectivity index (χ2v) is 11.4. The number of hydrogen-bond donors (Lipinski definition) is 3. The number of likely N-dealkylation sites (tertiary alicyclic amines) is 1. The molecule has 3 amide bonds. The van der Waals surface area contributed by atoms with Crippen LogP contribution in [0.2, 0.25) is 0 Å². The van der Waals surface area contributed by atoms with E-state index in [2.05, 4.69) is 10.3 Å². The summed E-state index contributed by atoms with van der Waals surface area (Å²) in [6.45, 7) is 5.89. The maximum Gasteiger partial charge on any atom is 0.410 e. The van der Waals surface area contributed by atoms with E-state index in [0.29, 0.717) is 35.7 Å². The smallest absolute Gasteiger partial charge is 0.410 e. The fraction of sp³-hybridized carbons (Fsp3) is 0.281. The molecule has 1 aliphatic rings. The number of nitrogen functional groups attached to an aromatic ring is 1. The number of carbonyl (C=O) groups is 3. The van der Waals surface area contributed by atoms with Crippen LogP contribution in [0.4, 0.5) is 10.6 Å². The zero-order chi connectivity index (χ0) is 30.7. The average molecular weight is 582 g/mol. The van der Waals surface area contributed by atoms with Gasteiger partial charge in [-0.1, -0.05) is 42.5 Å². The van der Waals surface area contributed by atoms with Crippen LogP contribution in [0.1, 0.15) is 72.7 Å². The minimum atomic E-state index is -0.762. The molecule has 0 spiro atoms. The molecule has 1 fully saturated rings. The molecule has 5 N–H and O–H groups in total. The molecule has 0 unspecified atom stereocenters. The molecule has 1 aliphatic heterocycles. The van der Waals surface area contributed by atoms with E-state index in [9.17, 15) is 14.4 Å². The maximum absolute atomic E-state index is 13.0. The highest BCUT2D eigenvalue weighted by molar-refractivity contribution is 6.04. The lowest BCUT2D eigenvalue weighted by atomic mass is 10.0. The number of pyridine rings is 1. The van der Waals surface area contributed by atoms with Crippen molar-refractivity contribution in [2.45, 2.75) is 51.7 Å². The number of anilines is 1. The van der Waals surface area contributed by atoms with E-state index in [0.717, 1.165) is 28.6 Å². The number of amides is 3. The number of benzene rings is 2. The summed E-state index contributed by atoms with van der Waals surface area (Å²) >= 11 is 0. The minimum absolute atomic E-state index is 0.00356. The molecule has 5 rings (SSSR count). The lowest BCUT2D eigenvalue weighted by Gasteiger charge is -2.36. The quantitative estimate of drug-likeness (QED) is 0.266. The Bertz CT molecular complexity index is 1640. The summed E-state index contributed by atoms with van der Waals surface area (Å²) in [5, 5.41) is 2.83. The van der Waals surface area contributed by atoms with Crippen molar-refractivity contribution in [1.82, 2.24) is 19.5 Å². The third-order valence-electron chi connectivity index (χ3n) is 7.13. The first-order chi connectivity index (χ1) is 20.5. The third kappa shape index (κ3) is 6.50. The van der Waals surface area contributed by atoms with Gasteiger partial charge >= 0.3 is 6.09 Å². The number of hydrogen-bond acceptors (Lipinski definition) is 7. The van der Waals surface area contributed by atoms with Gasteiger partial charge in [0, 0.05) is 23.9 Å². The van der Waals surface area contributed by atoms with Gasteiger partial charge in [0.15, 0.2) is 11.5 Å². The maximum atomic E-state index is 13.0. The lowest BCUT2D eigenvalue weighted by Crippen LogP contribution is -2.43. The predicted octanol–water partition coefficient (Wildman–Crippen LogP) is 5.14. The van der Waals surface area contributed by atoms with E-state index in [1.165, 1.54) is 0 Å². The minimum Gasteiger partial charge on any atom is -0.444 e. The highest BCUT2D eigenvalue weighted by Crippen LogP contribution is 2.34. The average Bonchev–Trinajstić information content (AvgIpc) is 3.34. The van der Waals surface area contributed by atoms with Crippen LogP contribution in [0.3, 0.4) is 0 Å². The number of aromatic nitrogens is 3. The molecule has 0 bridgehead atoms. The lowest BCUT2D eigenvalue weighted by molar-refractivity contribution is 0.00821. The number of piperidine rings is 1. The van der Waals surface area contributed by atoms with Gasteiger partial charge in [-0.25, -0.2) is 19.4 Å². The Kier molecular flexibility index (Phi) is 8.16. The Morgan fingerprint density at radius 3 is 2.35 bits per heavy atom. The highest BCUT2D eigenvalue weighted by atomic mass is 16.6. The van der Waals surface area contributed by atoms with Crippen molar-refractivity contribution in [1.29, 1.82) is 0 Å². The Hall–Kier alpha value is -5.19. The molecule has 3 heterocycles. The van der Waals surface area contributed by atoms with Crippen molar-refractivity contribution in [3.8, 4) is 22.4 Å². The van der Waals surface area contributed by atoms with Crippen molar-refractivity contribution in [2.75, 3.05) is 17.7 Å². The van der Waals surface area contributed by atoms with Crippen LogP contribution < -0.4 is 16.9 Å². The van der Waals surface area contributed by atoms with Gasteiger partial charge in [-0.15, -0.1) is 0 Å². The fourth-order valence-corrected chi connectivity index (χ4v) is 5.14. The summed E-state index contributed by atoms with van der Waals surface area (Å²) in [6.07, 6.45) is 3.44. The normalized spacial score (nSPS) is 15.1. The number of ether oxygens (including phenoxy) is 1. The third-order valence-corrected chi connectivity index (χ3v) is 7.13. The molecule has 0 radical (unpaired) electrons. The standard InChI is InChI=1S/C32H35N7O4/c1-32(2,3)43-31(42)38-18-8-7-11-24(38)29-37-26(27(28(33)40)39(29)34)21-12-14-22(15-13-21)30(41)36-25-19-23(16-17-35-25)20-9-5-4-6-10-20/h4-6,9-10,12-17,19,24H,7-8,11,18,34H2,1-3H3,(H2,33,40)(H,35,36,41)/t24-/m0/s1. The molecule has 222 valence electrons. The first-order valence-corrected chi connectivity index (χ1v) is 14.1. The largest absolute Gasteiger partial charge is 0.444 e. The number of imidazole rings is 1. The van der Waals surface area contributed by atoms with Crippen molar-refractivity contribution in [3.63, 3.8) is 0 Å². The zero-order valence-corrected chi connectivity index (χ0v) is 24.4. The number of rotatable bonds is 6. The predicted molar refractivity (Wildman–Crippen MR) is 163 cm³/mol. The molecule has 1 atom stereocenters. The summed E-state index contributed by atoms with van der Waals surface area (Å²) in [5.74, 6) is 6.03. The number of carbonyl (C=O) groups excluding carboxylic acids is 3. The number of nitrogens with zero attached hydrogens (tertiary/aromatic N) is 4. The van der Waals surface area contributed by atoms with Gasteiger partial charge in [-0.05, 0) is 75.4 Å². The van der Waals surface area contributed by atoms with Gasteiger partial charge in [-0.2, -0.15) is 0 Å². The summed E-state index contributed by atoms with van der Waals surface area (Å²) in [5.41, 5.74) is 8.20. The SMILES string of the molecule is CC(C)(C)OC(=O)N1CCCC[C@H]1c1nc(-c2ccc(C(=O)Nc3cc(-c4ccccc4)ccn3)cc2)c(C(N)=O)n1N. The van der Waals surface area contributed by atoms with E-state index in [1.54, 1.807) is 56.1 Å². The summed E-state index contributed by atoms with van der Waals surface area (Å²) in [6, 6.07) is 19.6. The van der Waals surface area contributed by atoms with Crippen LogP contribution in [-0.4, -0.2) is 49.6 Å². The number of primary amides is 1. The van der Waals surface area contributed by atoms with Crippen molar-refractivity contribution >= 4 is 23.7 Å². The van der Waals surface area contributed by atoms with Gasteiger partial charge < -0.3 is 21.6 Å². The fourth-order valence-electron chi connectivity index (χ4n) is 5.14. The topological polar surface area (TPSA) is 158 Å². The van der Waals surface area contributed by atoms with Gasteiger partial charge in [0.1, 0.15) is 17.1 Å². The molecule has 0 aliphatic carbocycles. The molecule has 4 aromatic rings. The Morgan fingerprint density at radius 2 is 1.67 bits per heavy atom. The van der Waals surface area contributed by atoms with Crippen molar-refractivity contribution in [3.05, 3.63) is 90.0 Å². The molecule has 0 saturated carbocycles. The van der Waals surface area contributed by atoms with Crippen LogP contribution in [0.15, 0.2) is 72.9 Å². The Labute approximate surface area is 249 Å². The highest BCUT2D eigenvalue weighted by Gasteiger charge is 2.36. The molecule has 11 nitrogen and oxygen atoms in total. The zero-order valence-electron chi connectivity index (χ0n) is 24.4. The van der Waals surface area contributed by atoms with Crippen molar-refractivity contribution < 1.29 is 19.1 Å². The van der Waals surface area contributed by atoms with Crippen LogP contribution in [0, 0.1) is 0 Å². The summed E-state index contributed by atoms with van der Waals surface area (Å²) in [7, 11) is 0. The monoisotopic (exact) mass is 581 g/mol. The van der Waals surface area contributed by atoms with Gasteiger partial charge in [0.2, 0.25) is 0 Å². The van der Waals surface area contributed by atoms with E-state index >= 15 is 0 Å². The number of nitrogens with two attached hydrogens (primary N) is 2. The number of nitrogens with one attached hydrogen (secondary N) is 1. The molecular weight excluding hydrogens is 546 g/mol. The Morgan fingerprint density at radius 1 is 0.953 bits per heavy atom. The van der Waals surface area contributed by atoms with Gasteiger partial charge in [0.05, 0.1) is 6.04 Å². The first-order valence-electron chi connectivity index (χ1n) is 14.1. The van der Waals surface area contributed by atoms with Crippen LogP contribution in [0.25, 0.3) is 22.4 Å². The molecule has 11 heteroatoms. The van der Waals surface area contributed by atoms with Crippen LogP contribution >= 0.6 is 0 Å². The molecule has 1 saturated heterocycles. The van der Waals surface area contributed by atoms with E-state index < -0.39 is 23.6 Å². The summed E-state index contributed by atoms with van der Waals surface area (Å²) in [4.78, 5) is 49.2.